The molecule has 25 heavy (non-hydrogen) atoms. The Balaban J connectivity index is 1.51. The van der Waals surface area contributed by atoms with Crippen molar-refractivity contribution in [1.82, 2.24) is 10.2 Å². The number of nitrogens with two attached hydrogens (primary N) is 1. The van der Waals surface area contributed by atoms with Crippen LogP contribution in [0.15, 0.2) is 35.3 Å². The lowest BCUT2D eigenvalue weighted by Crippen LogP contribution is -2.35. The molecule has 1 fully saturated rings. The molecule has 0 atom stereocenters. The zero-order chi connectivity index (χ0) is 17.7. The van der Waals surface area contributed by atoms with E-state index in [1.807, 2.05) is 0 Å². The van der Waals surface area contributed by atoms with E-state index in [4.69, 9.17) is 10.5 Å². The first-order chi connectivity index (χ1) is 12.3. The number of benzene rings is 1. The smallest absolute Gasteiger partial charge is 0.188 e. The summed E-state index contributed by atoms with van der Waals surface area (Å²) in [5.41, 5.74) is 7.27. The molecule has 1 saturated heterocycles. The van der Waals surface area contributed by atoms with E-state index in [1.54, 1.807) is 7.11 Å². The van der Waals surface area contributed by atoms with Crippen molar-refractivity contribution in [1.29, 1.82) is 0 Å². The minimum atomic E-state index is 0.527. The molecule has 140 valence electrons. The van der Waals surface area contributed by atoms with Gasteiger partial charge in [0, 0.05) is 20.2 Å². The lowest BCUT2D eigenvalue weighted by atomic mass is 9.90. The summed E-state index contributed by atoms with van der Waals surface area (Å²) in [6.07, 6.45) is 6.17. The van der Waals surface area contributed by atoms with Gasteiger partial charge in [-0.05, 0) is 63.2 Å². The number of unbranched alkanes of at least 4 members (excludes halogenated alkanes) is 1. The van der Waals surface area contributed by atoms with Crippen LogP contribution in [-0.4, -0.2) is 57.3 Å². The zero-order valence-corrected chi connectivity index (χ0v) is 15.6. The standard InChI is InChI=1S/C20H34N4O/c1-25-16-12-23-20(21)22-11-5-6-13-24-14-9-19(10-15-24)17-18-7-3-2-4-8-18/h2-4,7-8,19H,5-6,9-17H2,1H3,(H3,21,22,23). The van der Waals surface area contributed by atoms with E-state index in [-0.39, 0.29) is 0 Å². The highest BCUT2D eigenvalue weighted by Crippen LogP contribution is 2.21. The summed E-state index contributed by atoms with van der Waals surface area (Å²) >= 11 is 0. The van der Waals surface area contributed by atoms with E-state index < -0.39 is 0 Å². The Morgan fingerprint density at radius 2 is 2.00 bits per heavy atom. The van der Waals surface area contributed by atoms with Crippen LogP contribution < -0.4 is 11.1 Å². The van der Waals surface area contributed by atoms with E-state index in [0.29, 0.717) is 19.1 Å². The summed E-state index contributed by atoms with van der Waals surface area (Å²) < 4.78 is 4.96. The number of aliphatic imine (C=N–C) groups is 1. The van der Waals surface area contributed by atoms with Crippen molar-refractivity contribution in [2.24, 2.45) is 16.6 Å². The minimum Gasteiger partial charge on any atom is -0.383 e. The Kier molecular flexibility index (Phi) is 9.37. The second-order valence-corrected chi connectivity index (χ2v) is 6.87. The maximum absolute atomic E-state index is 5.79. The van der Waals surface area contributed by atoms with E-state index in [0.717, 1.165) is 18.9 Å². The van der Waals surface area contributed by atoms with E-state index in [1.165, 1.54) is 50.9 Å². The van der Waals surface area contributed by atoms with Gasteiger partial charge >= 0.3 is 0 Å². The largest absolute Gasteiger partial charge is 0.383 e. The number of methoxy groups -OCH3 is 1. The fraction of sp³-hybridized carbons (Fsp3) is 0.650. The average Bonchev–Trinajstić information content (AvgIpc) is 2.64. The van der Waals surface area contributed by atoms with Gasteiger partial charge in [-0.3, -0.25) is 4.99 Å². The van der Waals surface area contributed by atoms with E-state index in [2.05, 4.69) is 45.5 Å². The molecule has 0 saturated carbocycles. The van der Waals surface area contributed by atoms with Crippen LogP contribution in [0.4, 0.5) is 0 Å². The lowest BCUT2D eigenvalue weighted by molar-refractivity contribution is 0.181. The summed E-state index contributed by atoms with van der Waals surface area (Å²) in [6, 6.07) is 10.9. The molecule has 0 radical (unpaired) electrons. The first-order valence-electron chi connectivity index (χ1n) is 9.57. The molecule has 0 unspecified atom stereocenters. The monoisotopic (exact) mass is 346 g/mol. The van der Waals surface area contributed by atoms with Crippen LogP contribution >= 0.6 is 0 Å². The number of ether oxygens (including phenoxy) is 1. The molecule has 5 heteroatoms. The SMILES string of the molecule is COCCNC(N)=NCCCCN1CCC(Cc2ccccc2)CC1. The maximum Gasteiger partial charge on any atom is 0.188 e. The van der Waals surface area contributed by atoms with Crippen molar-refractivity contribution in [3.8, 4) is 0 Å². The molecule has 0 aromatic heterocycles. The van der Waals surface area contributed by atoms with Gasteiger partial charge in [0.25, 0.3) is 0 Å². The summed E-state index contributed by atoms with van der Waals surface area (Å²) in [5, 5.41) is 3.04. The van der Waals surface area contributed by atoms with Crippen molar-refractivity contribution in [2.45, 2.75) is 32.1 Å². The van der Waals surface area contributed by atoms with Gasteiger partial charge in [0.1, 0.15) is 0 Å². The Labute approximate surface area is 152 Å². The first kappa shape index (κ1) is 19.7. The van der Waals surface area contributed by atoms with Crippen molar-refractivity contribution in [3.05, 3.63) is 35.9 Å². The van der Waals surface area contributed by atoms with Crippen LogP contribution in [0.5, 0.6) is 0 Å². The summed E-state index contributed by atoms with van der Waals surface area (Å²) in [7, 11) is 1.68. The Morgan fingerprint density at radius 1 is 1.24 bits per heavy atom. The van der Waals surface area contributed by atoms with Crippen LogP contribution in [0.1, 0.15) is 31.2 Å². The third kappa shape index (κ3) is 8.36. The van der Waals surface area contributed by atoms with Gasteiger partial charge in [-0.1, -0.05) is 30.3 Å². The fourth-order valence-corrected chi connectivity index (χ4v) is 3.35. The minimum absolute atomic E-state index is 0.527. The van der Waals surface area contributed by atoms with Crippen molar-refractivity contribution >= 4 is 5.96 Å². The summed E-state index contributed by atoms with van der Waals surface area (Å²) in [6.45, 7) is 5.82. The van der Waals surface area contributed by atoms with Gasteiger partial charge in [-0.2, -0.15) is 0 Å². The highest BCUT2D eigenvalue weighted by molar-refractivity contribution is 5.77. The van der Waals surface area contributed by atoms with E-state index >= 15 is 0 Å². The Morgan fingerprint density at radius 3 is 2.72 bits per heavy atom. The van der Waals surface area contributed by atoms with Crippen LogP contribution in [0.3, 0.4) is 0 Å². The first-order valence-corrected chi connectivity index (χ1v) is 9.57. The quantitative estimate of drug-likeness (QED) is 0.388. The molecular weight excluding hydrogens is 312 g/mol. The number of nitrogens with zero attached hydrogens (tertiary/aromatic N) is 2. The van der Waals surface area contributed by atoms with Crippen molar-refractivity contribution in [3.63, 3.8) is 0 Å². The predicted octanol–water partition coefficient (Wildman–Crippen LogP) is 2.27. The molecule has 0 amide bonds. The second kappa shape index (κ2) is 11.9. The van der Waals surface area contributed by atoms with Gasteiger partial charge in [-0.25, -0.2) is 0 Å². The lowest BCUT2D eigenvalue weighted by Gasteiger charge is -2.32. The van der Waals surface area contributed by atoms with Crippen molar-refractivity contribution < 1.29 is 4.74 Å². The highest BCUT2D eigenvalue weighted by Gasteiger charge is 2.18. The number of nitrogens with one attached hydrogen (secondary N) is 1. The van der Waals surface area contributed by atoms with Crippen LogP contribution in [-0.2, 0) is 11.2 Å². The van der Waals surface area contributed by atoms with Crippen molar-refractivity contribution in [2.75, 3.05) is 46.4 Å². The fourth-order valence-electron chi connectivity index (χ4n) is 3.35. The van der Waals surface area contributed by atoms with Gasteiger partial charge < -0.3 is 20.7 Å². The number of guanidine groups is 1. The van der Waals surface area contributed by atoms with Crippen LogP contribution in [0.25, 0.3) is 0 Å². The third-order valence-corrected chi connectivity index (χ3v) is 4.85. The van der Waals surface area contributed by atoms with Crippen LogP contribution in [0.2, 0.25) is 0 Å². The highest BCUT2D eigenvalue weighted by atomic mass is 16.5. The molecule has 0 bridgehead atoms. The molecule has 1 aromatic carbocycles. The molecule has 0 aliphatic carbocycles. The van der Waals surface area contributed by atoms with Gasteiger partial charge in [-0.15, -0.1) is 0 Å². The molecule has 3 N–H and O–H groups in total. The van der Waals surface area contributed by atoms with Gasteiger partial charge in [0.15, 0.2) is 5.96 Å². The summed E-state index contributed by atoms with van der Waals surface area (Å²) in [4.78, 5) is 6.95. The van der Waals surface area contributed by atoms with Gasteiger partial charge in [0.2, 0.25) is 0 Å². The molecule has 1 aliphatic heterocycles. The molecular formula is C20H34N4O. The molecule has 2 rings (SSSR count). The normalized spacial score (nSPS) is 16.9. The predicted molar refractivity (Wildman–Crippen MR) is 105 cm³/mol. The van der Waals surface area contributed by atoms with E-state index in [9.17, 15) is 0 Å². The topological polar surface area (TPSA) is 62.9 Å². The summed E-state index contributed by atoms with van der Waals surface area (Å²) in [5.74, 6) is 1.37. The number of likely N-dealkylation sites (tertiary alicyclic amines) is 1. The second-order valence-electron chi connectivity index (χ2n) is 6.87. The molecule has 1 heterocycles. The third-order valence-electron chi connectivity index (χ3n) is 4.85. The maximum atomic E-state index is 5.79. The zero-order valence-electron chi connectivity index (χ0n) is 15.6. The average molecular weight is 347 g/mol. The number of hydrogen-bond acceptors (Lipinski definition) is 3. The molecule has 0 spiro atoms. The molecule has 5 nitrogen and oxygen atoms in total. The number of rotatable bonds is 10. The Hall–Kier alpha value is -1.59. The molecule has 1 aromatic rings. The molecule has 1 aliphatic rings. The Bertz CT molecular complexity index is 484. The van der Waals surface area contributed by atoms with Crippen LogP contribution in [0, 0.1) is 5.92 Å². The number of piperidine rings is 1. The number of hydrogen-bond donors (Lipinski definition) is 2. The van der Waals surface area contributed by atoms with Gasteiger partial charge in [0.05, 0.1) is 6.61 Å².